The van der Waals surface area contributed by atoms with E-state index in [0.29, 0.717) is 5.56 Å². The van der Waals surface area contributed by atoms with Crippen LogP contribution in [-0.4, -0.2) is 24.3 Å². The fourth-order valence-electron chi connectivity index (χ4n) is 3.11. The molecular weight excluding hydrogens is 311 g/mol. The van der Waals surface area contributed by atoms with Crippen LogP contribution in [0.1, 0.15) is 24.0 Å². The minimum absolute atomic E-state index is 0.127. The first-order valence-corrected chi connectivity index (χ1v) is 7.78. The lowest BCUT2D eigenvalue weighted by molar-refractivity contribution is -0.156. The van der Waals surface area contributed by atoms with Crippen molar-refractivity contribution in [2.24, 2.45) is 0 Å². The van der Waals surface area contributed by atoms with E-state index < -0.39 is 23.3 Å². The van der Waals surface area contributed by atoms with Crippen molar-refractivity contribution in [1.82, 2.24) is 0 Å². The van der Waals surface area contributed by atoms with Gasteiger partial charge in [0, 0.05) is 0 Å². The maximum atomic E-state index is 14.4. The van der Waals surface area contributed by atoms with Gasteiger partial charge in [0.15, 0.2) is 11.6 Å². The van der Waals surface area contributed by atoms with E-state index in [9.17, 15) is 14.3 Å². The predicted molar refractivity (Wildman–Crippen MR) is 86.1 cm³/mol. The van der Waals surface area contributed by atoms with Crippen LogP contribution in [0.2, 0.25) is 0 Å². The number of benzene rings is 2. The monoisotopic (exact) mass is 330 g/mol. The van der Waals surface area contributed by atoms with Gasteiger partial charge in [0.1, 0.15) is 6.61 Å². The first kappa shape index (κ1) is 16.5. The molecule has 0 radical (unpaired) electrons. The van der Waals surface area contributed by atoms with E-state index >= 15 is 0 Å². The van der Waals surface area contributed by atoms with Crippen molar-refractivity contribution < 1.29 is 23.8 Å². The molecule has 5 heteroatoms. The molecule has 4 nitrogen and oxygen atoms in total. The van der Waals surface area contributed by atoms with Crippen LogP contribution in [0.25, 0.3) is 0 Å². The second-order valence-electron chi connectivity index (χ2n) is 6.06. The van der Waals surface area contributed by atoms with Gasteiger partial charge in [-0.25, -0.2) is 4.39 Å². The molecule has 0 saturated heterocycles. The average molecular weight is 330 g/mol. The highest BCUT2D eigenvalue weighted by atomic mass is 19.1. The number of esters is 1. The lowest BCUT2D eigenvalue weighted by Crippen LogP contribution is -2.51. The second-order valence-corrected chi connectivity index (χ2v) is 6.06. The molecule has 0 aliphatic heterocycles. The number of aliphatic hydroxyl groups is 1. The van der Waals surface area contributed by atoms with Gasteiger partial charge in [0.2, 0.25) is 0 Å². The van der Waals surface area contributed by atoms with Crippen molar-refractivity contribution in [1.29, 1.82) is 0 Å². The van der Waals surface area contributed by atoms with E-state index in [-0.39, 0.29) is 25.2 Å². The second kappa shape index (κ2) is 6.61. The van der Waals surface area contributed by atoms with Gasteiger partial charge in [-0.1, -0.05) is 36.4 Å². The Bertz CT molecular complexity index is 723. The number of ether oxygens (including phenoxy) is 2. The van der Waals surface area contributed by atoms with Crippen LogP contribution in [0.3, 0.4) is 0 Å². The quantitative estimate of drug-likeness (QED) is 0.857. The van der Waals surface area contributed by atoms with Crippen LogP contribution in [0.15, 0.2) is 48.5 Å². The SMILES string of the molecule is COC(=O)C1(c2ccc(OCc3ccccc3)c(F)c2)CC(O)C1. The van der Waals surface area contributed by atoms with Crippen LogP contribution >= 0.6 is 0 Å². The summed E-state index contributed by atoms with van der Waals surface area (Å²) in [4.78, 5) is 12.1. The summed E-state index contributed by atoms with van der Waals surface area (Å²) in [6, 6.07) is 13.9. The maximum Gasteiger partial charge on any atom is 0.316 e. The highest BCUT2D eigenvalue weighted by molar-refractivity contribution is 5.84. The van der Waals surface area contributed by atoms with Crippen LogP contribution < -0.4 is 4.74 Å². The molecule has 2 aromatic rings. The van der Waals surface area contributed by atoms with Crippen molar-refractivity contribution in [3.8, 4) is 5.75 Å². The number of hydrogen-bond acceptors (Lipinski definition) is 4. The minimum atomic E-state index is -0.965. The molecule has 0 spiro atoms. The Kier molecular flexibility index (Phi) is 4.53. The number of halogens is 1. The molecule has 0 heterocycles. The molecule has 0 unspecified atom stereocenters. The summed E-state index contributed by atoms with van der Waals surface area (Å²) in [7, 11) is 1.29. The standard InChI is InChI=1S/C19H19FO4/c1-23-18(22)19(10-15(21)11-19)14-7-8-17(16(20)9-14)24-12-13-5-3-2-4-6-13/h2-9,15,21H,10-12H2,1H3. The van der Waals surface area contributed by atoms with Crippen molar-refractivity contribution in [2.75, 3.05) is 7.11 Å². The van der Waals surface area contributed by atoms with Gasteiger partial charge in [-0.05, 0) is 36.1 Å². The first-order chi connectivity index (χ1) is 11.5. The summed E-state index contributed by atoms with van der Waals surface area (Å²) in [5.74, 6) is -0.860. The number of hydrogen-bond donors (Lipinski definition) is 1. The summed E-state index contributed by atoms with van der Waals surface area (Å²) in [5.41, 5.74) is 0.478. The lowest BCUT2D eigenvalue weighted by atomic mass is 9.62. The summed E-state index contributed by atoms with van der Waals surface area (Å²) in [6.07, 6.45) is -0.0895. The third kappa shape index (κ3) is 2.99. The van der Waals surface area contributed by atoms with E-state index in [2.05, 4.69) is 0 Å². The highest BCUT2D eigenvalue weighted by Crippen LogP contribution is 2.45. The van der Waals surface area contributed by atoms with E-state index in [0.717, 1.165) is 5.56 Å². The van der Waals surface area contributed by atoms with Gasteiger partial charge >= 0.3 is 5.97 Å². The number of aliphatic hydroxyl groups excluding tert-OH is 1. The molecule has 1 fully saturated rings. The minimum Gasteiger partial charge on any atom is -0.486 e. The largest absolute Gasteiger partial charge is 0.486 e. The molecule has 3 rings (SSSR count). The predicted octanol–water partition coefficient (Wildman–Crippen LogP) is 2.97. The number of methoxy groups -OCH3 is 1. The Morgan fingerprint density at radius 3 is 2.54 bits per heavy atom. The molecule has 0 amide bonds. The Labute approximate surface area is 139 Å². The molecule has 1 aliphatic carbocycles. The molecule has 0 atom stereocenters. The molecule has 1 N–H and O–H groups in total. The molecular formula is C19H19FO4. The van der Waals surface area contributed by atoms with E-state index in [1.54, 1.807) is 6.07 Å². The van der Waals surface area contributed by atoms with Gasteiger partial charge in [-0.3, -0.25) is 4.79 Å². The van der Waals surface area contributed by atoms with Crippen LogP contribution in [0.5, 0.6) is 5.75 Å². The molecule has 24 heavy (non-hydrogen) atoms. The van der Waals surface area contributed by atoms with Gasteiger partial charge in [0.25, 0.3) is 0 Å². The summed E-state index contributed by atoms with van der Waals surface area (Å²) < 4.78 is 24.7. The number of rotatable bonds is 5. The van der Waals surface area contributed by atoms with Crippen LogP contribution in [-0.2, 0) is 21.6 Å². The van der Waals surface area contributed by atoms with E-state index in [1.807, 2.05) is 30.3 Å². The smallest absolute Gasteiger partial charge is 0.316 e. The maximum absolute atomic E-state index is 14.4. The van der Waals surface area contributed by atoms with Gasteiger partial charge in [-0.2, -0.15) is 0 Å². The zero-order chi connectivity index (χ0) is 17.2. The summed E-state index contributed by atoms with van der Waals surface area (Å²) in [5, 5.41) is 9.60. The van der Waals surface area contributed by atoms with Gasteiger partial charge in [-0.15, -0.1) is 0 Å². The van der Waals surface area contributed by atoms with Crippen molar-refractivity contribution >= 4 is 5.97 Å². The normalized spacial score (nSPS) is 22.5. The molecule has 1 aliphatic rings. The van der Waals surface area contributed by atoms with Crippen LogP contribution in [0, 0.1) is 5.82 Å². The summed E-state index contributed by atoms with van der Waals surface area (Å²) in [6.45, 7) is 0.262. The zero-order valence-electron chi connectivity index (χ0n) is 13.4. The van der Waals surface area contributed by atoms with Crippen molar-refractivity contribution in [2.45, 2.75) is 31.0 Å². The van der Waals surface area contributed by atoms with Crippen LogP contribution in [0.4, 0.5) is 4.39 Å². The third-order valence-corrected chi connectivity index (χ3v) is 4.47. The fraction of sp³-hybridized carbons (Fsp3) is 0.316. The third-order valence-electron chi connectivity index (χ3n) is 4.47. The number of carbonyl (C=O) groups excluding carboxylic acids is 1. The van der Waals surface area contributed by atoms with E-state index in [1.165, 1.54) is 19.2 Å². The van der Waals surface area contributed by atoms with Gasteiger partial charge < -0.3 is 14.6 Å². The van der Waals surface area contributed by atoms with Crippen molar-refractivity contribution in [3.05, 3.63) is 65.5 Å². The van der Waals surface area contributed by atoms with E-state index in [4.69, 9.17) is 9.47 Å². The molecule has 1 saturated carbocycles. The Balaban J connectivity index is 1.78. The lowest BCUT2D eigenvalue weighted by Gasteiger charge is -2.43. The zero-order valence-corrected chi connectivity index (χ0v) is 13.4. The Hall–Kier alpha value is -2.40. The molecule has 0 aromatic heterocycles. The average Bonchev–Trinajstić information content (AvgIpc) is 2.58. The Morgan fingerprint density at radius 1 is 1.25 bits per heavy atom. The van der Waals surface area contributed by atoms with Gasteiger partial charge in [0.05, 0.1) is 18.6 Å². The number of carbonyl (C=O) groups is 1. The molecule has 0 bridgehead atoms. The topological polar surface area (TPSA) is 55.8 Å². The fourth-order valence-corrected chi connectivity index (χ4v) is 3.11. The molecule has 126 valence electrons. The Morgan fingerprint density at radius 2 is 1.96 bits per heavy atom. The first-order valence-electron chi connectivity index (χ1n) is 7.78. The van der Waals surface area contributed by atoms with Crippen molar-refractivity contribution in [3.63, 3.8) is 0 Å². The molecule has 2 aromatic carbocycles. The summed E-state index contributed by atoms with van der Waals surface area (Å²) >= 11 is 0. The highest BCUT2D eigenvalue weighted by Gasteiger charge is 2.52.